The Morgan fingerprint density at radius 1 is 1.05 bits per heavy atom. The lowest BCUT2D eigenvalue weighted by molar-refractivity contribution is -0.291. The largest absolute Gasteiger partial charge is 0.444 e. The molecule has 0 aromatic heterocycles. The normalized spacial score (nSPS) is 14.8. The van der Waals surface area contributed by atoms with Crippen LogP contribution in [0.4, 0.5) is 9.18 Å². The molecule has 38 heavy (non-hydrogen) atoms. The Morgan fingerprint density at radius 3 is 2.11 bits per heavy atom. The van der Waals surface area contributed by atoms with Gasteiger partial charge < -0.3 is 9.53 Å². The molecule has 0 saturated carbocycles. The molecule has 2 aromatic rings. The Kier molecular flexibility index (Phi) is 9.76. The quantitative estimate of drug-likeness (QED) is 0.228. The minimum Gasteiger partial charge on any atom is -0.444 e. The number of carbonyl (C=O) groups excluding carboxylic acids is 3. The first-order valence-corrected chi connectivity index (χ1v) is 12.2. The molecule has 3 atom stereocenters. The van der Waals surface area contributed by atoms with Gasteiger partial charge in [0.25, 0.3) is 0 Å². The van der Waals surface area contributed by atoms with Gasteiger partial charge in [-0.15, -0.1) is 0 Å². The van der Waals surface area contributed by atoms with Crippen molar-refractivity contribution in [2.24, 2.45) is 5.92 Å². The summed E-state index contributed by atoms with van der Waals surface area (Å²) in [6, 6.07) is 16.8. The summed E-state index contributed by atoms with van der Waals surface area (Å²) in [7, 11) is 1.26. The molecule has 0 radical (unpaired) electrons. The first kappa shape index (κ1) is 30.5. The van der Waals surface area contributed by atoms with Crippen molar-refractivity contribution in [1.29, 1.82) is 5.26 Å². The number of likely N-dealkylation sites (N-methyl/N-ethyl adjacent to an activating group) is 1. The van der Waals surface area contributed by atoms with Gasteiger partial charge in [-0.1, -0.05) is 49.4 Å². The number of ether oxygens (including phenoxy) is 1. The fourth-order valence-electron chi connectivity index (χ4n) is 4.50. The average Bonchev–Trinajstić information content (AvgIpc) is 2.85. The Labute approximate surface area is 223 Å². The van der Waals surface area contributed by atoms with Crippen molar-refractivity contribution < 1.29 is 33.3 Å². The molecule has 0 heterocycles. The lowest BCUT2D eigenvalue weighted by Crippen LogP contribution is -2.67. The van der Waals surface area contributed by atoms with E-state index in [2.05, 4.69) is 0 Å². The molecular formula is C29H35FN2O6. The summed E-state index contributed by atoms with van der Waals surface area (Å²) < 4.78 is 21.7. The fraction of sp³-hybridized carbons (Fsp3) is 0.448. The predicted octanol–water partition coefficient (Wildman–Crippen LogP) is 5.51. The van der Waals surface area contributed by atoms with Crippen LogP contribution < -0.4 is 0 Å². The van der Waals surface area contributed by atoms with Crippen molar-refractivity contribution in [1.82, 2.24) is 4.90 Å². The molecule has 0 bridgehead atoms. The number of nitrogens with zero attached hydrogens (tertiary/aromatic N) is 2. The van der Waals surface area contributed by atoms with E-state index in [1.807, 2.05) is 12.1 Å². The van der Waals surface area contributed by atoms with Gasteiger partial charge in [-0.2, -0.15) is 10.1 Å². The number of hydrogen-bond acceptors (Lipinski definition) is 7. The van der Waals surface area contributed by atoms with E-state index >= 15 is 4.39 Å². The van der Waals surface area contributed by atoms with E-state index in [4.69, 9.17) is 14.5 Å². The number of nitriles is 1. The average molecular weight is 527 g/mol. The third-order valence-corrected chi connectivity index (χ3v) is 6.15. The van der Waals surface area contributed by atoms with E-state index in [9.17, 15) is 19.6 Å². The van der Waals surface area contributed by atoms with Crippen molar-refractivity contribution in [2.75, 3.05) is 7.05 Å². The van der Waals surface area contributed by atoms with Crippen LogP contribution in [0.2, 0.25) is 0 Å². The molecule has 2 unspecified atom stereocenters. The number of rotatable bonds is 10. The number of halogens is 1. The molecule has 2 rings (SSSR count). The number of benzene rings is 2. The van der Waals surface area contributed by atoms with Crippen LogP contribution in [0.15, 0.2) is 54.6 Å². The molecule has 0 aliphatic carbocycles. The zero-order chi connectivity index (χ0) is 28.7. The van der Waals surface area contributed by atoms with Crippen LogP contribution in [0.25, 0.3) is 0 Å². The van der Waals surface area contributed by atoms with E-state index in [0.29, 0.717) is 17.4 Å². The second-order valence-corrected chi connectivity index (χ2v) is 10.6. The molecule has 0 N–H and O–H groups in total. The smallest absolute Gasteiger partial charge is 0.411 e. The highest BCUT2D eigenvalue weighted by atomic mass is 19.1. The maximum absolute atomic E-state index is 16.2. The SMILES string of the molecule is CC(C=O)[C@@](C(=O)OOCc1ccccc1)(C(c1ccc(C#N)cc1)C(C)(C)F)N(C)C(=O)OC(C)(C)C. The van der Waals surface area contributed by atoms with Gasteiger partial charge in [-0.25, -0.2) is 14.0 Å². The Balaban J connectivity index is 2.72. The van der Waals surface area contributed by atoms with E-state index in [0.717, 1.165) is 4.90 Å². The number of aldehydes is 1. The highest BCUT2D eigenvalue weighted by molar-refractivity contribution is 5.90. The minimum atomic E-state index is -2.24. The lowest BCUT2D eigenvalue weighted by atomic mass is 9.65. The first-order valence-electron chi connectivity index (χ1n) is 12.2. The summed E-state index contributed by atoms with van der Waals surface area (Å²) in [4.78, 5) is 51.0. The fourth-order valence-corrected chi connectivity index (χ4v) is 4.50. The van der Waals surface area contributed by atoms with Crippen LogP contribution >= 0.6 is 0 Å². The molecular weight excluding hydrogens is 491 g/mol. The third-order valence-electron chi connectivity index (χ3n) is 6.15. The van der Waals surface area contributed by atoms with Crippen LogP contribution in [-0.4, -0.2) is 47.1 Å². The molecule has 0 saturated heterocycles. The Bertz CT molecular complexity index is 1150. The molecule has 0 fully saturated rings. The van der Waals surface area contributed by atoms with Gasteiger partial charge in [0.15, 0.2) is 5.54 Å². The van der Waals surface area contributed by atoms with Crippen LogP contribution in [0, 0.1) is 17.2 Å². The van der Waals surface area contributed by atoms with E-state index in [1.54, 1.807) is 45.0 Å². The predicted molar refractivity (Wildman–Crippen MR) is 138 cm³/mol. The summed E-state index contributed by atoms with van der Waals surface area (Å²) in [5, 5.41) is 9.23. The summed E-state index contributed by atoms with van der Waals surface area (Å²) in [5.41, 5.74) is -4.10. The van der Waals surface area contributed by atoms with Crippen LogP contribution in [0.3, 0.4) is 0 Å². The Hall–Kier alpha value is -3.77. The molecule has 1 amide bonds. The molecule has 2 aromatic carbocycles. The maximum atomic E-state index is 16.2. The first-order chi connectivity index (χ1) is 17.7. The van der Waals surface area contributed by atoms with Gasteiger partial charge in [0, 0.05) is 13.0 Å². The van der Waals surface area contributed by atoms with Crippen LogP contribution in [-0.2, 0) is 30.7 Å². The monoisotopic (exact) mass is 526 g/mol. The highest BCUT2D eigenvalue weighted by Crippen LogP contribution is 2.48. The molecule has 0 aliphatic heterocycles. The summed E-state index contributed by atoms with van der Waals surface area (Å²) >= 11 is 0. The van der Waals surface area contributed by atoms with Gasteiger partial charge >= 0.3 is 12.1 Å². The second-order valence-electron chi connectivity index (χ2n) is 10.6. The van der Waals surface area contributed by atoms with Crippen molar-refractivity contribution >= 4 is 18.3 Å². The molecule has 204 valence electrons. The lowest BCUT2D eigenvalue weighted by Gasteiger charge is -2.49. The second kappa shape index (κ2) is 12.2. The standard InChI is InChI=1S/C29H35FN2O6/c1-20(18-33)29(32(7)26(35)37-27(2,3)4,25(34)38-36-19-22-11-9-8-10-12-22)24(28(5,6)30)23-15-13-21(17-31)14-16-23/h8-16,18,20,24H,19H2,1-7H3/t20?,24?,29-/m0/s1. The summed E-state index contributed by atoms with van der Waals surface area (Å²) in [6.07, 6.45) is -0.504. The highest BCUT2D eigenvalue weighted by Gasteiger charge is 2.62. The van der Waals surface area contributed by atoms with Crippen LogP contribution in [0.5, 0.6) is 0 Å². The van der Waals surface area contributed by atoms with Crippen molar-refractivity contribution in [2.45, 2.75) is 70.9 Å². The summed E-state index contributed by atoms with van der Waals surface area (Å²) in [6.45, 7) is 8.68. The van der Waals surface area contributed by atoms with Gasteiger partial charge in [0.1, 0.15) is 24.2 Å². The molecule has 9 heteroatoms. The number of hydrogen-bond donors (Lipinski definition) is 0. The molecule has 0 aliphatic rings. The third kappa shape index (κ3) is 6.95. The van der Waals surface area contributed by atoms with Crippen LogP contribution in [0.1, 0.15) is 64.2 Å². The molecule has 0 spiro atoms. The zero-order valence-electron chi connectivity index (χ0n) is 22.9. The van der Waals surface area contributed by atoms with Gasteiger partial charge in [-0.05, 0) is 57.9 Å². The van der Waals surface area contributed by atoms with Crippen molar-refractivity contribution in [3.8, 4) is 6.07 Å². The Morgan fingerprint density at radius 2 is 1.63 bits per heavy atom. The van der Waals surface area contributed by atoms with E-state index in [-0.39, 0.29) is 12.2 Å². The van der Waals surface area contributed by atoms with E-state index < -0.39 is 40.7 Å². The molecule has 8 nitrogen and oxygen atoms in total. The minimum absolute atomic E-state index is 0.116. The van der Waals surface area contributed by atoms with Crippen molar-refractivity contribution in [3.63, 3.8) is 0 Å². The van der Waals surface area contributed by atoms with Gasteiger partial charge in [0.2, 0.25) is 0 Å². The summed E-state index contributed by atoms with van der Waals surface area (Å²) in [5.74, 6) is -3.86. The number of amides is 1. The topological polar surface area (TPSA) is 106 Å². The number of alkyl halides is 1. The van der Waals surface area contributed by atoms with Gasteiger partial charge in [0.05, 0.1) is 17.6 Å². The maximum Gasteiger partial charge on any atom is 0.411 e. The van der Waals surface area contributed by atoms with Crippen molar-refractivity contribution in [3.05, 3.63) is 71.3 Å². The van der Waals surface area contributed by atoms with E-state index in [1.165, 1.54) is 52.1 Å². The van der Waals surface area contributed by atoms with Gasteiger partial charge in [-0.3, -0.25) is 9.79 Å². The number of carbonyl (C=O) groups is 3. The zero-order valence-corrected chi connectivity index (χ0v) is 22.9.